The summed E-state index contributed by atoms with van der Waals surface area (Å²) in [6.45, 7) is 0.916. The zero-order valence-corrected chi connectivity index (χ0v) is 16.0. The Morgan fingerprint density at radius 2 is 1.62 bits per heavy atom. The van der Waals surface area contributed by atoms with Crippen molar-refractivity contribution >= 4 is 18.2 Å². The van der Waals surface area contributed by atoms with E-state index < -0.39 is 5.60 Å². The number of hydrogen-bond donors (Lipinski definition) is 0. The third-order valence-corrected chi connectivity index (χ3v) is 6.13. The molecule has 2 aliphatic heterocycles. The average molecular weight is 384 g/mol. The van der Waals surface area contributed by atoms with Gasteiger partial charge in [-0.25, -0.2) is 0 Å². The summed E-state index contributed by atoms with van der Waals surface area (Å²) in [6.07, 6.45) is 2.11. The summed E-state index contributed by atoms with van der Waals surface area (Å²) in [7, 11) is -0.317. The molecule has 2 heterocycles. The van der Waals surface area contributed by atoms with Gasteiger partial charge in [0.2, 0.25) is 0 Å². The minimum Gasteiger partial charge on any atom is -0.402 e. The minimum absolute atomic E-state index is 0.0961. The second-order valence-corrected chi connectivity index (χ2v) is 7.69. The number of fused-ring (bicyclic) bond motifs is 1. The van der Waals surface area contributed by atoms with Crippen molar-refractivity contribution in [2.24, 2.45) is 0 Å². The van der Waals surface area contributed by atoms with Crippen molar-refractivity contribution in [2.75, 3.05) is 6.54 Å². The van der Waals surface area contributed by atoms with Gasteiger partial charge in [0.15, 0.2) is 0 Å². The standard InChI is InChI=1S/C23H21BN2O3/c27-26(28)21-14-7-13-20(17-21)24-25-16-8-15-22(25)23(29-24,18-9-3-1-4-10-18)19-11-5-2-6-12-19/h1-7,9-14,17,22H,8,15-16H2/t22-/m0/s1. The maximum atomic E-state index is 11.3. The predicted octanol–water partition coefficient (Wildman–Crippen LogP) is 3.73. The van der Waals surface area contributed by atoms with Gasteiger partial charge in [-0.2, -0.15) is 0 Å². The molecular weight excluding hydrogens is 363 g/mol. The van der Waals surface area contributed by atoms with Gasteiger partial charge >= 0.3 is 7.05 Å². The van der Waals surface area contributed by atoms with Crippen LogP contribution in [0.25, 0.3) is 0 Å². The van der Waals surface area contributed by atoms with E-state index in [4.69, 9.17) is 4.65 Å². The number of nitrogens with zero attached hydrogens (tertiary/aromatic N) is 2. The van der Waals surface area contributed by atoms with Crippen LogP contribution in [0.2, 0.25) is 0 Å². The van der Waals surface area contributed by atoms with Crippen molar-refractivity contribution in [3.63, 3.8) is 0 Å². The molecule has 0 N–H and O–H groups in total. The lowest BCUT2D eigenvalue weighted by atomic mass is 9.72. The smallest absolute Gasteiger partial charge is 0.402 e. The van der Waals surface area contributed by atoms with E-state index in [9.17, 15) is 10.1 Å². The van der Waals surface area contributed by atoms with Crippen LogP contribution in [0.4, 0.5) is 5.69 Å². The van der Waals surface area contributed by atoms with Crippen molar-refractivity contribution in [3.05, 3.63) is 106 Å². The van der Waals surface area contributed by atoms with Crippen LogP contribution >= 0.6 is 0 Å². The molecule has 0 amide bonds. The van der Waals surface area contributed by atoms with Crippen LogP contribution in [-0.4, -0.2) is 29.4 Å². The molecule has 0 aromatic heterocycles. The Balaban J connectivity index is 1.67. The van der Waals surface area contributed by atoms with Gasteiger partial charge in [0.25, 0.3) is 5.69 Å². The van der Waals surface area contributed by atoms with Gasteiger partial charge < -0.3 is 9.47 Å². The van der Waals surface area contributed by atoms with Crippen molar-refractivity contribution in [2.45, 2.75) is 24.5 Å². The first kappa shape index (κ1) is 18.1. The summed E-state index contributed by atoms with van der Waals surface area (Å²) < 4.78 is 6.91. The number of nitro groups is 1. The molecule has 29 heavy (non-hydrogen) atoms. The summed E-state index contributed by atoms with van der Waals surface area (Å²) in [6, 6.07) is 27.7. The Morgan fingerprint density at radius 1 is 0.966 bits per heavy atom. The van der Waals surface area contributed by atoms with Crippen molar-refractivity contribution in [1.82, 2.24) is 4.81 Å². The maximum Gasteiger partial charge on any atom is 0.420 e. The molecule has 5 nitrogen and oxygen atoms in total. The Kier molecular flexibility index (Phi) is 4.45. The van der Waals surface area contributed by atoms with Crippen LogP contribution in [0.3, 0.4) is 0 Å². The second-order valence-electron chi connectivity index (χ2n) is 7.69. The van der Waals surface area contributed by atoms with Crippen molar-refractivity contribution in [1.29, 1.82) is 0 Å². The molecule has 2 aliphatic rings. The second kappa shape index (κ2) is 7.14. The van der Waals surface area contributed by atoms with Crippen molar-refractivity contribution < 1.29 is 9.58 Å². The largest absolute Gasteiger partial charge is 0.420 e. The molecule has 0 radical (unpaired) electrons. The molecule has 0 saturated carbocycles. The van der Waals surface area contributed by atoms with Gasteiger partial charge in [0.05, 0.1) is 4.92 Å². The fourth-order valence-corrected chi connectivity index (χ4v) is 4.94. The quantitative estimate of drug-likeness (QED) is 0.391. The third-order valence-electron chi connectivity index (χ3n) is 6.13. The Hall–Kier alpha value is -2.96. The molecule has 0 unspecified atom stereocenters. The maximum absolute atomic E-state index is 11.3. The first-order valence-corrected chi connectivity index (χ1v) is 9.99. The van der Waals surface area contributed by atoms with Crippen LogP contribution in [0.5, 0.6) is 0 Å². The Morgan fingerprint density at radius 3 is 2.24 bits per heavy atom. The van der Waals surface area contributed by atoms with Crippen molar-refractivity contribution in [3.8, 4) is 0 Å². The average Bonchev–Trinajstić information content (AvgIpc) is 3.37. The summed E-state index contributed by atoms with van der Waals surface area (Å²) in [5, 5.41) is 11.3. The van der Waals surface area contributed by atoms with Gasteiger partial charge in [-0.05, 0) is 36.0 Å². The highest BCUT2D eigenvalue weighted by molar-refractivity contribution is 6.65. The fraction of sp³-hybridized carbons (Fsp3) is 0.217. The van der Waals surface area contributed by atoms with Crippen LogP contribution in [0.15, 0.2) is 84.9 Å². The van der Waals surface area contributed by atoms with E-state index >= 15 is 0 Å². The van der Waals surface area contributed by atoms with Crippen LogP contribution in [0.1, 0.15) is 24.0 Å². The van der Waals surface area contributed by atoms with Gasteiger partial charge in [0, 0.05) is 18.2 Å². The van der Waals surface area contributed by atoms with Gasteiger partial charge in [-0.15, -0.1) is 0 Å². The van der Waals surface area contributed by atoms with E-state index in [1.54, 1.807) is 12.1 Å². The lowest BCUT2D eigenvalue weighted by Crippen LogP contribution is -2.45. The predicted molar refractivity (Wildman–Crippen MR) is 113 cm³/mol. The molecule has 144 valence electrons. The molecular formula is C23H21BN2O3. The molecule has 3 aromatic carbocycles. The highest BCUT2D eigenvalue weighted by atomic mass is 16.6. The number of benzene rings is 3. The summed E-state index contributed by atoms with van der Waals surface area (Å²) in [5.41, 5.74) is 2.57. The number of rotatable bonds is 4. The lowest BCUT2D eigenvalue weighted by Gasteiger charge is -2.36. The van der Waals surface area contributed by atoms with Gasteiger partial charge in [-0.3, -0.25) is 10.1 Å². The van der Waals surface area contributed by atoms with E-state index in [0.29, 0.717) is 0 Å². The first-order valence-electron chi connectivity index (χ1n) is 9.99. The summed E-state index contributed by atoms with van der Waals surface area (Å²) >= 11 is 0. The van der Waals surface area contributed by atoms with E-state index in [-0.39, 0.29) is 23.7 Å². The molecule has 5 rings (SSSR count). The van der Waals surface area contributed by atoms with E-state index in [2.05, 4.69) is 29.1 Å². The molecule has 2 saturated heterocycles. The van der Waals surface area contributed by atoms with E-state index in [1.807, 2.05) is 42.5 Å². The number of non-ortho nitro benzene ring substituents is 1. The van der Waals surface area contributed by atoms with Crippen LogP contribution < -0.4 is 5.46 Å². The Bertz CT molecular complexity index is 989. The van der Waals surface area contributed by atoms with E-state index in [0.717, 1.165) is 36.0 Å². The lowest BCUT2D eigenvalue weighted by molar-refractivity contribution is -0.384. The van der Waals surface area contributed by atoms with E-state index in [1.165, 1.54) is 6.07 Å². The summed E-state index contributed by atoms with van der Waals surface area (Å²) in [5.74, 6) is 0. The molecule has 2 fully saturated rings. The molecule has 0 bridgehead atoms. The minimum atomic E-state index is -0.603. The fourth-order valence-electron chi connectivity index (χ4n) is 4.94. The SMILES string of the molecule is O=[N+]([O-])c1cccc(B2OC(c3ccccc3)(c3ccccc3)[C@@H]3CCCN23)c1. The normalized spacial score (nSPS) is 20.6. The highest BCUT2D eigenvalue weighted by Crippen LogP contribution is 2.48. The summed E-state index contributed by atoms with van der Waals surface area (Å²) in [4.78, 5) is 13.3. The molecule has 3 aromatic rings. The zero-order chi connectivity index (χ0) is 19.8. The Labute approximate surface area is 170 Å². The third kappa shape index (κ3) is 2.87. The van der Waals surface area contributed by atoms with Crippen LogP contribution in [-0.2, 0) is 10.3 Å². The van der Waals surface area contributed by atoms with Gasteiger partial charge in [0.1, 0.15) is 5.60 Å². The monoisotopic (exact) mass is 384 g/mol. The molecule has 0 spiro atoms. The molecule has 6 heteroatoms. The molecule has 1 atom stereocenters. The molecule has 0 aliphatic carbocycles. The number of nitro benzene ring substituents is 1. The van der Waals surface area contributed by atoms with Gasteiger partial charge in [-0.1, -0.05) is 72.8 Å². The topological polar surface area (TPSA) is 55.6 Å². The number of hydrogen-bond acceptors (Lipinski definition) is 4. The first-order chi connectivity index (χ1) is 14.2. The zero-order valence-electron chi connectivity index (χ0n) is 16.0. The van der Waals surface area contributed by atoms with Crippen LogP contribution in [0, 0.1) is 10.1 Å². The highest BCUT2D eigenvalue weighted by Gasteiger charge is 2.58.